The molecule has 3 atom stereocenters. The Morgan fingerprint density at radius 2 is 1.96 bits per heavy atom. The number of hydrogen-bond donors (Lipinski definition) is 2. The lowest BCUT2D eigenvalue weighted by Crippen LogP contribution is -2.38. The molecule has 2 bridgehead atoms. The predicted molar refractivity (Wildman–Crippen MR) is 110 cm³/mol. The van der Waals surface area contributed by atoms with Gasteiger partial charge in [0.05, 0.1) is 18.2 Å². The van der Waals surface area contributed by atoms with Crippen molar-refractivity contribution in [3.05, 3.63) is 34.2 Å². The minimum Gasteiger partial charge on any atom is -0.481 e. The van der Waals surface area contributed by atoms with Crippen LogP contribution in [0, 0.1) is 26.7 Å². The number of carbonyl (C=O) groups excluding carboxylic acids is 1. The number of thiazole rings is 1. The van der Waals surface area contributed by atoms with E-state index in [0.717, 1.165) is 24.1 Å². The molecule has 0 saturated carbocycles. The number of carbonyl (C=O) groups is 2. The Balaban J connectivity index is 1.43. The average Bonchev–Trinajstić information content (AvgIpc) is 3.33. The number of aliphatic carboxylic acids is 1. The van der Waals surface area contributed by atoms with Crippen LogP contribution in [0.25, 0.3) is 11.3 Å². The largest absolute Gasteiger partial charge is 0.481 e. The number of anilines is 1. The summed E-state index contributed by atoms with van der Waals surface area (Å²) in [6.45, 7) is 6.49. The summed E-state index contributed by atoms with van der Waals surface area (Å²) in [4.78, 5) is 30.6. The molecule has 1 amide bonds. The number of carboxylic acid groups (broad SMARTS) is 1. The molecule has 2 aromatic rings. The van der Waals surface area contributed by atoms with E-state index in [4.69, 9.17) is 0 Å². The highest BCUT2D eigenvalue weighted by Crippen LogP contribution is 2.41. The standard InChI is InChI=1S/C21H25N3O3S/c1-11-6-13(3)15(7-12(11)2)17-10-28-21(22-17)23-19(25)9-24-14-4-5-18(24)16(8-14)20(26)27/h6-7,10,14,16,18H,4-5,8-9H2,1-3H3,(H,26,27)(H,22,23,25). The second-order valence-electron chi connectivity index (χ2n) is 7.99. The Bertz CT molecular complexity index is 939. The summed E-state index contributed by atoms with van der Waals surface area (Å²) in [5, 5.41) is 14.8. The lowest BCUT2D eigenvalue weighted by Gasteiger charge is -2.21. The molecule has 2 aliphatic heterocycles. The quantitative estimate of drug-likeness (QED) is 0.803. The minimum absolute atomic E-state index is 0.0155. The van der Waals surface area contributed by atoms with Crippen molar-refractivity contribution in [1.29, 1.82) is 0 Å². The summed E-state index contributed by atoms with van der Waals surface area (Å²) in [6.07, 6.45) is 2.50. The van der Waals surface area contributed by atoms with Gasteiger partial charge in [-0.2, -0.15) is 0 Å². The molecule has 2 N–H and O–H groups in total. The van der Waals surface area contributed by atoms with Crippen molar-refractivity contribution in [1.82, 2.24) is 9.88 Å². The molecule has 1 aromatic carbocycles. The molecule has 3 heterocycles. The van der Waals surface area contributed by atoms with Crippen molar-refractivity contribution in [3.63, 3.8) is 0 Å². The fourth-order valence-corrected chi connectivity index (χ4v) is 5.36. The summed E-state index contributed by atoms with van der Waals surface area (Å²) in [5.74, 6) is -1.21. The summed E-state index contributed by atoms with van der Waals surface area (Å²) in [7, 11) is 0. The molecule has 3 unspecified atom stereocenters. The highest BCUT2D eigenvalue weighted by Gasteiger charge is 2.49. The SMILES string of the molecule is Cc1cc(C)c(-c2csc(NC(=O)CN3C4CCC3C(C(=O)O)C4)n2)cc1C. The second kappa shape index (κ2) is 7.29. The molecule has 2 saturated heterocycles. The molecule has 0 spiro atoms. The third kappa shape index (κ3) is 3.44. The number of benzene rings is 1. The van der Waals surface area contributed by atoms with Crippen LogP contribution in [0.15, 0.2) is 17.5 Å². The van der Waals surface area contributed by atoms with Gasteiger partial charge in [-0.15, -0.1) is 11.3 Å². The molecule has 2 fully saturated rings. The molecule has 2 aliphatic rings. The number of rotatable bonds is 5. The Labute approximate surface area is 168 Å². The number of aryl methyl sites for hydroxylation is 3. The van der Waals surface area contributed by atoms with Gasteiger partial charge < -0.3 is 10.4 Å². The molecule has 0 radical (unpaired) electrons. The number of fused-ring (bicyclic) bond motifs is 2. The Morgan fingerprint density at radius 3 is 2.68 bits per heavy atom. The Morgan fingerprint density at radius 1 is 1.21 bits per heavy atom. The maximum atomic E-state index is 12.5. The van der Waals surface area contributed by atoms with Crippen LogP contribution in [0.1, 0.15) is 36.0 Å². The number of nitrogens with zero attached hydrogens (tertiary/aromatic N) is 2. The van der Waals surface area contributed by atoms with Crippen molar-refractivity contribution >= 4 is 28.3 Å². The molecule has 4 rings (SSSR count). The highest BCUT2D eigenvalue weighted by atomic mass is 32.1. The number of aromatic nitrogens is 1. The van der Waals surface area contributed by atoms with Crippen LogP contribution in [-0.2, 0) is 9.59 Å². The van der Waals surface area contributed by atoms with Crippen LogP contribution in [0.2, 0.25) is 0 Å². The molecule has 1 aromatic heterocycles. The number of nitrogens with one attached hydrogen (secondary N) is 1. The first-order valence-electron chi connectivity index (χ1n) is 9.65. The average molecular weight is 400 g/mol. The second-order valence-corrected chi connectivity index (χ2v) is 8.85. The van der Waals surface area contributed by atoms with Gasteiger partial charge in [0.25, 0.3) is 0 Å². The smallest absolute Gasteiger partial charge is 0.308 e. The van der Waals surface area contributed by atoms with Gasteiger partial charge in [-0.1, -0.05) is 6.07 Å². The van der Waals surface area contributed by atoms with Crippen molar-refractivity contribution in [2.45, 2.75) is 52.1 Å². The summed E-state index contributed by atoms with van der Waals surface area (Å²) in [6, 6.07) is 4.49. The lowest BCUT2D eigenvalue weighted by molar-refractivity contribution is -0.142. The number of carboxylic acids is 1. The van der Waals surface area contributed by atoms with E-state index in [9.17, 15) is 14.7 Å². The maximum absolute atomic E-state index is 12.5. The van der Waals surface area contributed by atoms with E-state index in [-0.39, 0.29) is 30.5 Å². The van der Waals surface area contributed by atoms with E-state index in [1.165, 1.54) is 28.0 Å². The summed E-state index contributed by atoms with van der Waals surface area (Å²) >= 11 is 1.42. The number of hydrogen-bond acceptors (Lipinski definition) is 5. The molecular weight excluding hydrogens is 374 g/mol. The van der Waals surface area contributed by atoms with Gasteiger partial charge in [-0.3, -0.25) is 14.5 Å². The lowest BCUT2D eigenvalue weighted by atomic mass is 9.89. The fraction of sp³-hybridized carbons (Fsp3) is 0.476. The van der Waals surface area contributed by atoms with Crippen LogP contribution in [0.3, 0.4) is 0 Å². The molecule has 6 nitrogen and oxygen atoms in total. The molecule has 0 aliphatic carbocycles. The van der Waals surface area contributed by atoms with Crippen LogP contribution in [-0.4, -0.2) is 45.5 Å². The Hall–Kier alpha value is -2.25. The van der Waals surface area contributed by atoms with E-state index in [1.54, 1.807) is 0 Å². The summed E-state index contributed by atoms with van der Waals surface area (Å²) in [5.41, 5.74) is 5.59. The minimum atomic E-state index is -0.745. The maximum Gasteiger partial charge on any atom is 0.308 e. The van der Waals surface area contributed by atoms with E-state index in [2.05, 4.69) is 48.1 Å². The predicted octanol–water partition coefficient (Wildman–Crippen LogP) is 3.61. The zero-order chi connectivity index (χ0) is 20.0. The van der Waals surface area contributed by atoms with Crippen LogP contribution >= 0.6 is 11.3 Å². The van der Waals surface area contributed by atoms with Crippen LogP contribution < -0.4 is 5.32 Å². The first-order valence-corrected chi connectivity index (χ1v) is 10.5. The number of amides is 1. The molecule has 28 heavy (non-hydrogen) atoms. The fourth-order valence-electron chi connectivity index (χ4n) is 4.63. The zero-order valence-electron chi connectivity index (χ0n) is 16.4. The van der Waals surface area contributed by atoms with Gasteiger partial charge in [0.2, 0.25) is 5.91 Å². The normalized spacial score (nSPS) is 23.9. The van der Waals surface area contributed by atoms with E-state index in [1.807, 2.05) is 5.38 Å². The topological polar surface area (TPSA) is 82.5 Å². The van der Waals surface area contributed by atoms with Gasteiger partial charge >= 0.3 is 5.97 Å². The molecule has 7 heteroatoms. The first kappa shape index (κ1) is 19.1. The van der Waals surface area contributed by atoms with Crippen LogP contribution in [0.4, 0.5) is 5.13 Å². The monoisotopic (exact) mass is 399 g/mol. The third-order valence-corrected chi connectivity index (χ3v) is 6.95. The van der Waals surface area contributed by atoms with E-state index < -0.39 is 5.97 Å². The van der Waals surface area contributed by atoms with Crippen molar-refractivity contribution < 1.29 is 14.7 Å². The van der Waals surface area contributed by atoms with Gasteiger partial charge in [-0.25, -0.2) is 4.98 Å². The van der Waals surface area contributed by atoms with Crippen LogP contribution in [0.5, 0.6) is 0 Å². The van der Waals surface area contributed by atoms with Crippen molar-refractivity contribution in [2.75, 3.05) is 11.9 Å². The summed E-state index contributed by atoms with van der Waals surface area (Å²) < 4.78 is 0. The molecular formula is C21H25N3O3S. The van der Waals surface area contributed by atoms with Gasteiger partial charge in [0.1, 0.15) is 0 Å². The highest BCUT2D eigenvalue weighted by molar-refractivity contribution is 7.14. The van der Waals surface area contributed by atoms with Gasteiger partial charge in [0, 0.05) is 23.0 Å². The van der Waals surface area contributed by atoms with Crippen molar-refractivity contribution in [3.8, 4) is 11.3 Å². The molecule has 148 valence electrons. The first-order chi connectivity index (χ1) is 13.3. The zero-order valence-corrected chi connectivity index (χ0v) is 17.2. The van der Waals surface area contributed by atoms with Gasteiger partial charge in [-0.05, 0) is 62.8 Å². The van der Waals surface area contributed by atoms with E-state index >= 15 is 0 Å². The van der Waals surface area contributed by atoms with E-state index in [0.29, 0.717) is 11.6 Å². The van der Waals surface area contributed by atoms with Crippen molar-refractivity contribution in [2.24, 2.45) is 5.92 Å². The van der Waals surface area contributed by atoms with Gasteiger partial charge in [0.15, 0.2) is 5.13 Å². The Kier molecular flexibility index (Phi) is 4.97. The third-order valence-electron chi connectivity index (χ3n) is 6.19.